The van der Waals surface area contributed by atoms with Crippen LogP contribution in [0.25, 0.3) is 0 Å². The summed E-state index contributed by atoms with van der Waals surface area (Å²) in [5.74, 6) is -0.652. The number of ether oxygens (including phenoxy) is 2. The Labute approximate surface area is 190 Å². The first kappa shape index (κ1) is 22.6. The second-order valence-electron chi connectivity index (χ2n) is 6.28. The molecule has 1 N–H and O–H groups in total. The lowest BCUT2D eigenvalue weighted by Gasteiger charge is -2.10. The molecule has 9 nitrogen and oxygen atoms in total. The van der Waals surface area contributed by atoms with Gasteiger partial charge in [0, 0.05) is 16.6 Å². The number of nitro benzene ring substituents is 1. The lowest BCUT2D eigenvalue weighted by molar-refractivity contribution is -0.384. The van der Waals surface area contributed by atoms with Crippen LogP contribution in [0.15, 0.2) is 76.3 Å². The van der Waals surface area contributed by atoms with Gasteiger partial charge in [0.25, 0.3) is 11.6 Å². The van der Waals surface area contributed by atoms with Crippen molar-refractivity contribution in [3.05, 3.63) is 98.0 Å². The Morgan fingerprint density at radius 1 is 1.06 bits per heavy atom. The molecule has 0 fully saturated rings. The summed E-state index contributed by atoms with van der Waals surface area (Å²) in [6.07, 6.45) is 1.42. The van der Waals surface area contributed by atoms with E-state index in [9.17, 15) is 19.7 Å². The number of hydrogen-bond donors (Lipinski definition) is 1. The number of non-ortho nitro benzene ring substituents is 1. The molecule has 0 saturated heterocycles. The first-order valence-corrected chi connectivity index (χ1v) is 9.91. The molecule has 32 heavy (non-hydrogen) atoms. The number of hydrazone groups is 1. The van der Waals surface area contributed by atoms with E-state index in [1.54, 1.807) is 36.4 Å². The molecule has 0 atom stereocenters. The van der Waals surface area contributed by atoms with E-state index >= 15 is 0 Å². The van der Waals surface area contributed by atoms with Gasteiger partial charge in [0.05, 0.1) is 29.4 Å². The fourth-order valence-electron chi connectivity index (χ4n) is 2.60. The minimum absolute atomic E-state index is 0.130. The van der Waals surface area contributed by atoms with Crippen LogP contribution in [0.3, 0.4) is 0 Å². The van der Waals surface area contributed by atoms with Crippen molar-refractivity contribution in [1.82, 2.24) is 5.43 Å². The topological polar surface area (TPSA) is 120 Å². The van der Waals surface area contributed by atoms with Crippen molar-refractivity contribution in [2.45, 2.75) is 0 Å². The fourth-order valence-corrected chi connectivity index (χ4v) is 3.06. The Kier molecular flexibility index (Phi) is 7.29. The Hall–Kier alpha value is -4.05. The first-order valence-electron chi connectivity index (χ1n) is 9.11. The van der Waals surface area contributed by atoms with Gasteiger partial charge in [-0.1, -0.05) is 12.1 Å². The van der Waals surface area contributed by atoms with Gasteiger partial charge >= 0.3 is 5.97 Å². The minimum atomic E-state index is -0.694. The lowest BCUT2D eigenvalue weighted by atomic mass is 10.2. The molecule has 0 bridgehead atoms. The SMILES string of the molecule is COc1cc(C=NNC(=O)c2ccccc2Br)ccc1OC(=O)c1ccc([N+](=O)[O-])cc1. The van der Waals surface area contributed by atoms with E-state index in [1.165, 1.54) is 43.7 Å². The Morgan fingerprint density at radius 3 is 2.44 bits per heavy atom. The average Bonchev–Trinajstić information content (AvgIpc) is 2.80. The van der Waals surface area contributed by atoms with Crippen molar-refractivity contribution in [1.29, 1.82) is 0 Å². The second kappa shape index (κ2) is 10.3. The van der Waals surface area contributed by atoms with Gasteiger partial charge in [0.1, 0.15) is 0 Å². The van der Waals surface area contributed by atoms with Crippen LogP contribution in [0.5, 0.6) is 11.5 Å². The van der Waals surface area contributed by atoms with E-state index in [0.717, 1.165) is 0 Å². The summed E-state index contributed by atoms with van der Waals surface area (Å²) < 4.78 is 11.2. The van der Waals surface area contributed by atoms with Gasteiger partial charge in [-0.3, -0.25) is 14.9 Å². The predicted octanol–water partition coefficient (Wildman–Crippen LogP) is 4.35. The highest BCUT2D eigenvalue weighted by atomic mass is 79.9. The molecule has 0 saturated carbocycles. The number of esters is 1. The molecule has 0 aromatic heterocycles. The number of rotatable bonds is 7. The van der Waals surface area contributed by atoms with Crippen LogP contribution in [0.2, 0.25) is 0 Å². The molecular weight excluding hydrogens is 482 g/mol. The molecular formula is C22H16BrN3O6. The highest BCUT2D eigenvalue weighted by Gasteiger charge is 2.14. The van der Waals surface area contributed by atoms with E-state index in [4.69, 9.17) is 9.47 Å². The Bertz CT molecular complexity index is 1190. The number of nitro groups is 1. The average molecular weight is 498 g/mol. The maximum atomic E-state index is 12.3. The number of hydrogen-bond acceptors (Lipinski definition) is 7. The zero-order valence-corrected chi connectivity index (χ0v) is 18.2. The minimum Gasteiger partial charge on any atom is -0.493 e. The van der Waals surface area contributed by atoms with Crippen LogP contribution >= 0.6 is 15.9 Å². The molecule has 0 aliphatic rings. The molecule has 3 rings (SSSR count). The molecule has 162 valence electrons. The molecule has 0 spiro atoms. The number of methoxy groups -OCH3 is 1. The summed E-state index contributed by atoms with van der Waals surface area (Å²) in [5.41, 5.74) is 3.48. The monoisotopic (exact) mass is 497 g/mol. The van der Waals surface area contributed by atoms with Crippen molar-refractivity contribution < 1.29 is 24.0 Å². The molecule has 0 heterocycles. The maximum Gasteiger partial charge on any atom is 0.343 e. The van der Waals surface area contributed by atoms with Crippen molar-refractivity contribution in [3.8, 4) is 11.5 Å². The number of amides is 1. The Morgan fingerprint density at radius 2 is 1.78 bits per heavy atom. The van der Waals surface area contributed by atoms with Crippen LogP contribution in [-0.4, -0.2) is 30.1 Å². The summed E-state index contributed by atoms with van der Waals surface area (Å²) in [5, 5.41) is 14.7. The van der Waals surface area contributed by atoms with Crippen LogP contribution in [0.1, 0.15) is 26.3 Å². The lowest BCUT2D eigenvalue weighted by Crippen LogP contribution is -2.18. The zero-order chi connectivity index (χ0) is 23.1. The predicted molar refractivity (Wildman–Crippen MR) is 120 cm³/mol. The van der Waals surface area contributed by atoms with Gasteiger partial charge in [0.2, 0.25) is 0 Å². The largest absolute Gasteiger partial charge is 0.493 e. The van der Waals surface area contributed by atoms with Crippen LogP contribution in [-0.2, 0) is 0 Å². The van der Waals surface area contributed by atoms with Gasteiger partial charge in [0.15, 0.2) is 11.5 Å². The van der Waals surface area contributed by atoms with Crippen LogP contribution < -0.4 is 14.9 Å². The molecule has 1 amide bonds. The molecule has 3 aromatic rings. The number of halogens is 1. The summed E-state index contributed by atoms with van der Waals surface area (Å²) >= 11 is 3.31. The standard InChI is InChI=1S/C22H16BrN3O6/c1-31-20-12-14(13-24-25-21(27)17-4-2-3-5-18(17)23)6-11-19(20)32-22(28)15-7-9-16(10-8-15)26(29)30/h2-13H,1H3,(H,25,27). The van der Waals surface area contributed by atoms with E-state index in [2.05, 4.69) is 26.5 Å². The van der Waals surface area contributed by atoms with Gasteiger partial charge < -0.3 is 9.47 Å². The molecule has 10 heteroatoms. The van der Waals surface area contributed by atoms with Gasteiger partial charge in [-0.05, 0) is 64.0 Å². The van der Waals surface area contributed by atoms with E-state index in [-0.39, 0.29) is 28.7 Å². The third-order valence-corrected chi connectivity index (χ3v) is 4.89. The summed E-state index contributed by atoms with van der Waals surface area (Å²) in [6, 6.07) is 16.7. The van der Waals surface area contributed by atoms with Gasteiger partial charge in [-0.25, -0.2) is 10.2 Å². The normalized spacial score (nSPS) is 10.6. The third-order valence-electron chi connectivity index (χ3n) is 4.20. The first-order chi connectivity index (χ1) is 15.4. The highest BCUT2D eigenvalue weighted by molar-refractivity contribution is 9.10. The Balaban J connectivity index is 1.68. The van der Waals surface area contributed by atoms with Gasteiger partial charge in [-0.2, -0.15) is 5.10 Å². The second-order valence-corrected chi connectivity index (χ2v) is 7.14. The smallest absolute Gasteiger partial charge is 0.343 e. The highest BCUT2D eigenvalue weighted by Crippen LogP contribution is 2.28. The number of nitrogens with zero attached hydrogens (tertiary/aromatic N) is 2. The molecule has 0 aliphatic heterocycles. The summed E-state index contributed by atoms with van der Waals surface area (Å²) in [6.45, 7) is 0. The molecule has 0 aliphatic carbocycles. The fraction of sp³-hybridized carbons (Fsp3) is 0.0455. The van der Waals surface area contributed by atoms with E-state index in [1.807, 2.05) is 0 Å². The molecule has 3 aromatic carbocycles. The summed E-state index contributed by atoms with van der Waals surface area (Å²) in [4.78, 5) is 34.7. The quantitative estimate of drug-likeness (QED) is 0.170. The zero-order valence-electron chi connectivity index (χ0n) is 16.7. The van der Waals surface area contributed by atoms with E-state index < -0.39 is 10.9 Å². The number of carbonyl (C=O) groups excluding carboxylic acids is 2. The number of benzene rings is 3. The number of carbonyl (C=O) groups is 2. The molecule has 0 unspecified atom stereocenters. The van der Waals surface area contributed by atoms with Crippen molar-refractivity contribution >= 4 is 39.7 Å². The maximum absolute atomic E-state index is 12.3. The third kappa shape index (κ3) is 5.55. The van der Waals surface area contributed by atoms with Gasteiger partial charge in [-0.15, -0.1) is 0 Å². The number of nitrogens with one attached hydrogen (secondary N) is 1. The van der Waals surface area contributed by atoms with Crippen molar-refractivity contribution in [2.24, 2.45) is 5.10 Å². The molecule has 0 radical (unpaired) electrons. The van der Waals surface area contributed by atoms with Crippen LogP contribution in [0, 0.1) is 10.1 Å². The van der Waals surface area contributed by atoms with Crippen molar-refractivity contribution in [3.63, 3.8) is 0 Å². The van der Waals surface area contributed by atoms with Crippen LogP contribution in [0.4, 0.5) is 5.69 Å². The summed E-state index contributed by atoms with van der Waals surface area (Å²) in [7, 11) is 1.41. The van der Waals surface area contributed by atoms with Crippen molar-refractivity contribution in [2.75, 3.05) is 7.11 Å². The van der Waals surface area contributed by atoms with E-state index in [0.29, 0.717) is 15.6 Å².